The lowest BCUT2D eigenvalue weighted by molar-refractivity contribution is -0.239. The fourth-order valence-corrected chi connectivity index (χ4v) is 5.60. The monoisotopic (exact) mass is 410 g/mol. The van der Waals surface area contributed by atoms with E-state index in [1.807, 2.05) is 11.5 Å². The lowest BCUT2D eigenvalue weighted by Crippen LogP contribution is -2.62. The number of hydrogen-bond acceptors (Lipinski definition) is 7. The molecule has 3 rings (SSSR count). The Morgan fingerprint density at radius 1 is 1.00 bits per heavy atom. The first-order valence-corrected chi connectivity index (χ1v) is 10.7. The quantitative estimate of drug-likeness (QED) is 0.448. The van der Waals surface area contributed by atoms with Gasteiger partial charge in [0.25, 0.3) is 0 Å². The molecule has 2 unspecified atom stereocenters. The molecule has 1 fully saturated rings. The molecule has 2 aliphatic rings. The number of benzene rings is 1. The molecule has 0 spiro atoms. The Morgan fingerprint density at radius 3 is 2.29 bits per heavy atom. The van der Waals surface area contributed by atoms with Crippen LogP contribution in [0.2, 0.25) is 0 Å². The maximum absolute atomic E-state index is 10.6. The maximum Gasteiger partial charge on any atom is 0.111 e. The summed E-state index contributed by atoms with van der Waals surface area (Å²) in [6, 6.07) is 8.36. The standard InChI is InChI=1S/C21H30O6S/c1-2-13-3-5-14(6-4-13)11-21(8-9-22)15(7-10-28-21)20-19(26)18(25)17(24)16(12-23)27-20/h3-7,10,15-20,22-26H,2,8-9,11-12H2,1H3/t15?,16-,17-,18+,19-,20+,21?/m1/s1. The Morgan fingerprint density at radius 2 is 1.68 bits per heavy atom. The summed E-state index contributed by atoms with van der Waals surface area (Å²) in [4.78, 5) is 0. The Kier molecular flexibility index (Phi) is 7.20. The first-order valence-electron chi connectivity index (χ1n) is 9.79. The molecule has 1 aromatic carbocycles. The van der Waals surface area contributed by atoms with E-state index in [4.69, 9.17) is 4.74 Å². The number of ether oxygens (including phenoxy) is 1. The van der Waals surface area contributed by atoms with Gasteiger partial charge >= 0.3 is 0 Å². The van der Waals surface area contributed by atoms with Crippen LogP contribution in [0.3, 0.4) is 0 Å². The minimum absolute atomic E-state index is 0.0182. The van der Waals surface area contributed by atoms with Gasteiger partial charge in [-0.3, -0.25) is 0 Å². The van der Waals surface area contributed by atoms with E-state index in [0.29, 0.717) is 12.8 Å². The summed E-state index contributed by atoms with van der Waals surface area (Å²) in [5.41, 5.74) is 2.37. The van der Waals surface area contributed by atoms with Crippen LogP contribution in [0.25, 0.3) is 0 Å². The molecular weight excluding hydrogens is 380 g/mol. The van der Waals surface area contributed by atoms with Gasteiger partial charge in [-0.15, -0.1) is 11.8 Å². The first-order chi connectivity index (χ1) is 13.5. The molecule has 2 heterocycles. The van der Waals surface area contributed by atoms with E-state index in [1.54, 1.807) is 11.8 Å². The second-order valence-corrected chi connectivity index (χ2v) is 8.97. The Labute approximate surface area is 169 Å². The highest BCUT2D eigenvalue weighted by molar-refractivity contribution is 8.03. The van der Waals surface area contributed by atoms with Gasteiger partial charge in [0.05, 0.1) is 12.7 Å². The van der Waals surface area contributed by atoms with Crippen LogP contribution in [-0.4, -0.2) is 74.0 Å². The Hall–Kier alpha value is -0.930. The van der Waals surface area contributed by atoms with Crippen LogP contribution < -0.4 is 0 Å². The lowest BCUT2D eigenvalue weighted by atomic mass is 9.76. The number of hydrogen-bond donors (Lipinski definition) is 5. The van der Waals surface area contributed by atoms with Crippen molar-refractivity contribution in [3.8, 4) is 0 Å². The highest BCUT2D eigenvalue weighted by Crippen LogP contribution is 2.49. The third kappa shape index (κ3) is 4.16. The second-order valence-electron chi connectivity index (χ2n) is 7.65. The summed E-state index contributed by atoms with van der Waals surface area (Å²) in [6.45, 7) is 1.64. The average Bonchev–Trinajstić information content (AvgIpc) is 3.10. The molecule has 0 aliphatic carbocycles. The molecule has 7 heteroatoms. The van der Waals surface area contributed by atoms with Gasteiger partial charge in [-0.1, -0.05) is 37.3 Å². The molecule has 5 N–H and O–H groups in total. The summed E-state index contributed by atoms with van der Waals surface area (Å²) < 4.78 is 5.39. The maximum atomic E-state index is 10.6. The van der Waals surface area contributed by atoms with Crippen LogP contribution in [0.1, 0.15) is 24.5 Å². The molecule has 0 saturated carbocycles. The van der Waals surface area contributed by atoms with Crippen molar-refractivity contribution in [3.05, 3.63) is 46.9 Å². The number of thioether (sulfide) groups is 1. The highest BCUT2D eigenvalue weighted by Gasteiger charge is 2.53. The minimum Gasteiger partial charge on any atom is -0.396 e. The van der Waals surface area contributed by atoms with Crippen molar-refractivity contribution in [2.24, 2.45) is 5.92 Å². The summed E-state index contributed by atoms with van der Waals surface area (Å²) in [6.07, 6.45) is -1.73. The van der Waals surface area contributed by atoms with Crippen LogP contribution in [0, 0.1) is 5.92 Å². The minimum atomic E-state index is -1.40. The van der Waals surface area contributed by atoms with E-state index < -0.39 is 41.9 Å². The predicted octanol–water partition coefficient (Wildman–Crippen LogP) is 0.632. The third-order valence-corrected chi connectivity index (χ3v) is 7.33. The second kappa shape index (κ2) is 9.26. The third-order valence-electron chi connectivity index (χ3n) is 5.95. The molecule has 7 atom stereocenters. The number of aliphatic hydroxyl groups is 5. The SMILES string of the molecule is CCc1ccc(CC2(CCO)SC=CC2[C@@H]2O[C@H](CO)[C@@H](O)[C@H](O)[C@H]2O)cc1. The van der Waals surface area contributed by atoms with Crippen molar-refractivity contribution in [1.82, 2.24) is 0 Å². The first kappa shape index (κ1) is 21.8. The van der Waals surface area contributed by atoms with Gasteiger partial charge in [-0.25, -0.2) is 0 Å². The molecule has 0 amide bonds. The van der Waals surface area contributed by atoms with Gasteiger partial charge in [0, 0.05) is 17.3 Å². The summed E-state index contributed by atoms with van der Waals surface area (Å²) in [7, 11) is 0. The van der Waals surface area contributed by atoms with Crippen LogP contribution in [-0.2, 0) is 17.6 Å². The van der Waals surface area contributed by atoms with Gasteiger partial charge in [0.2, 0.25) is 0 Å². The van der Waals surface area contributed by atoms with Gasteiger partial charge < -0.3 is 30.3 Å². The molecule has 1 saturated heterocycles. The van der Waals surface area contributed by atoms with E-state index in [9.17, 15) is 25.5 Å². The average molecular weight is 411 g/mol. The van der Waals surface area contributed by atoms with Gasteiger partial charge in [0.1, 0.15) is 24.4 Å². The normalized spacial score (nSPS) is 38.1. The van der Waals surface area contributed by atoms with E-state index in [0.717, 1.165) is 12.0 Å². The Balaban J connectivity index is 1.87. The van der Waals surface area contributed by atoms with Gasteiger partial charge in [0.15, 0.2) is 0 Å². The molecule has 0 bridgehead atoms. The predicted molar refractivity (Wildman–Crippen MR) is 108 cm³/mol. The topological polar surface area (TPSA) is 110 Å². The van der Waals surface area contributed by atoms with Crippen molar-refractivity contribution >= 4 is 11.8 Å². The summed E-state index contributed by atoms with van der Waals surface area (Å²) in [5, 5.41) is 52.1. The molecular formula is C21H30O6S. The fraction of sp³-hybridized carbons (Fsp3) is 0.619. The molecule has 0 radical (unpaired) electrons. The molecule has 6 nitrogen and oxygen atoms in total. The van der Waals surface area contributed by atoms with E-state index in [2.05, 4.69) is 31.2 Å². The molecule has 1 aromatic rings. The zero-order valence-corrected chi connectivity index (χ0v) is 16.8. The molecule has 0 aromatic heterocycles. The van der Waals surface area contributed by atoms with E-state index >= 15 is 0 Å². The number of aliphatic hydroxyl groups excluding tert-OH is 5. The van der Waals surface area contributed by atoms with Crippen molar-refractivity contribution < 1.29 is 30.3 Å². The van der Waals surface area contributed by atoms with Crippen LogP contribution in [0.4, 0.5) is 0 Å². The molecule has 28 heavy (non-hydrogen) atoms. The summed E-state index contributed by atoms with van der Waals surface area (Å²) in [5.74, 6) is -0.290. The molecule has 2 aliphatic heterocycles. The fourth-order valence-electron chi connectivity index (χ4n) is 4.25. The van der Waals surface area contributed by atoms with Crippen LogP contribution >= 0.6 is 11.8 Å². The zero-order chi connectivity index (χ0) is 20.3. The zero-order valence-electron chi connectivity index (χ0n) is 16.0. The largest absolute Gasteiger partial charge is 0.396 e. The summed E-state index contributed by atoms with van der Waals surface area (Å²) >= 11 is 1.60. The lowest BCUT2D eigenvalue weighted by Gasteiger charge is -2.46. The van der Waals surface area contributed by atoms with Crippen molar-refractivity contribution in [2.45, 2.75) is 61.5 Å². The van der Waals surface area contributed by atoms with E-state index in [1.165, 1.54) is 5.56 Å². The van der Waals surface area contributed by atoms with Crippen LogP contribution in [0.5, 0.6) is 0 Å². The van der Waals surface area contributed by atoms with Crippen molar-refractivity contribution in [1.29, 1.82) is 0 Å². The number of rotatable bonds is 7. The van der Waals surface area contributed by atoms with Crippen molar-refractivity contribution in [2.75, 3.05) is 13.2 Å². The van der Waals surface area contributed by atoms with Crippen LogP contribution in [0.15, 0.2) is 35.7 Å². The van der Waals surface area contributed by atoms with Gasteiger partial charge in [-0.05, 0) is 35.8 Å². The Bertz CT molecular complexity index is 663. The van der Waals surface area contributed by atoms with Gasteiger partial charge in [-0.2, -0.15) is 0 Å². The number of aryl methyl sites for hydroxylation is 1. The van der Waals surface area contributed by atoms with Crippen molar-refractivity contribution in [3.63, 3.8) is 0 Å². The molecule has 156 valence electrons. The highest BCUT2D eigenvalue weighted by atomic mass is 32.2. The smallest absolute Gasteiger partial charge is 0.111 e. The van der Waals surface area contributed by atoms with E-state index in [-0.39, 0.29) is 12.5 Å².